The molecular weight excluding hydrogens is 295 g/mol. The van der Waals surface area contributed by atoms with Gasteiger partial charge in [-0.15, -0.1) is 0 Å². The fourth-order valence-electron chi connectivity index (χ4n) is 4.22. The number of halogens is 1. The van der Waals surface area contributed by atoms with E-state index in [0.29, 0.717) is 24.4 Å². The first kappa shape index (κ1) is 14.6. The molecule has 4 rings (SSSR count). The number of amides is 1. The number of aliphatic hydroxyl groups is 1. The zero-order valence-electron chi connectivity index (χ0n) is 12.8. The molecule has 0 spiro atoms. The number of pyridine rings is 1. The summed E-state index contributed by atoms with van der Waals surface area (Å²) in [5.74, 6) is -0.215. The summed E-state index contributed by atoms with van der Waals surface area (Å²) in [5.41, 5.74) is 0.364. The number of para-hydroxylation sites is 1. The Morgan fingerprint density at radius 3 is 3.04 bits per heavy atom. The second-order valence-corrected chi connectivity index (χ2v) is 6.80. The van der Waals surface area contributed by atoms with Crippen LogP contribution in [0.15, 0.2) is 30.3 Å². The Morgan fingerprint density at radius 1 is 1.39 bits per heavy atom. The van der Waals surface area contributed by atoms with Gasteiger partial charge in [0.2, 0.25) is 0 Å². The van der Waals surface area contributed by atoms with E-state index in [1.165, 1.54) is 6.07 Å². The van der Waals surface area contributed by atoms with Crippen LogP contribution < -0.4 is 0 Å². The van der Waals surface area contributed by atoms with Crippen molar-refractivity contribution in [2.45, 2.75) is 19.3 Å². The van der Waals surface area contributed by atoms with Crippen LogP contribution in [-0.2, 0) is 0 Å². The number of carbonyl (C=O) groups excluding carboxylic acids is 1. The molecule has 1 saturated heterocycles. The fourth-order valence-corrected chi connectivity index (χ4v) is 4.22. The van der Waals surface area contributed by atoms with Crippen molar-refractivity contribution in [2.75, 3.05) is 19.7 Å². The van der Waals surface area contributed by atoms with Gasteiger partial charge in [0.05, 0.1) is 6.61 Å². The first-order chi connectivity index (χ1) is 11.1. The van der Waals surface area contributed by atoms with Crippen molar-refractivity contribution in [2.24, 2.45) is 11.3 Å². The smallest absolute Gasteiger partial charge is 0.272 e. The van der Waals surface area contributed by atoms with Crippen LogP contribution in [0.1, 0.15) is 29.8 Å². The predicted octanol–water partition coefficient (Wildman–Crippen LogP) is 2.61. The minimum Gasteiger partial charge on any atom is -0.396 e. The monoisotopic (exact) mass is 314 g/mol. The molecule has 0 unspecified atom stereocenters. The molecule has 1 aliphatic heterocycles. The Hall–Kier alpha value is -2.01. The molecule has 120 valence electrons. The summed E-state index contributed by atoms with van der Waals surface area (Å²) in [5, 5.41) is 10.5. The van der Waals surface area contributed by atoms with Gasteiger partial charge in [-0.3, -0.25) is 4.79 Å². The SMILES string of the molecule is O=C(c1ccc2cccc(F)c2n1)N1C[C@H]2CCC[C@@]2(CO)C1. The van der Waals surface area contributed by atoms with E-state index in [0.717, 1.165) is 19.3 Å². The van der Waals surface area contributed by atoms with Gasteiger partial charge in [-0.2, -0.15) is 0 Å². The molecule has 0 bridgehead atoms. The van der Waals surface area contributed by atoms with Crippen LogP contribution in [0, 0.1) is 17.2 Å². The molecule has 0 radical (unpaired) electrons. The number of aliphatic hydroxyl groups excluding tert-OH is 1. The summed E-state index contributed by atoms with van der Waals surface area (Å²) in [6.45, 7) is 1.36. The Labute approximate surface area is 133 Å². The molecular formula is C18H19FN2O2. The molecule has 1 saturated carbocycles. The van der Waals surface area contributed by atoms with Crippen molar-refractivity contribution < 1.29 is 14.3 Å². The topological polar surface area (TPSA) is 53.4 Å². The van der Waals surface area contributed by atoms with E-state index in [1.54, 1.807) is 29.2 Å². The lowest BCUT2D eigenvalue weighted by molar-refractivity contribution is 0.0729. The van der Waals surface area contributed by atoms with Gasteiger partial charge < -0.3 is 10.0 Å². The summed E-state index contributed by atoms with van der Waals surface area (Å²) in [4.78, 5) is 18.8. The molecule has 2 aromatic rings. The normalized spacial score (nSPS) is 26.7. The molecule has 5 heteroatoms. The number of hydrogen-bond acceptors (Lipinski definition) is 3. The molecule has 1 aromatic heterocycles. The van der Waals surface area contributed by atoms with Crippen molar-refractivity contribution in [3.05, 3.63) is 41.8 Å². The van der Waals surface area contributed by atoms with Crippen LogP contribution in [0.2, 0.25) is 0 Å². The van der Waals surface area contributed by atoms with E-state index in [2.05, 4.69) is 4.98 Å². The van der Waals surface area contributed by atoms with Gasteiger partial charge in [-0.05, 0) is 30.9 Å². The van der Waals surface area contributed by atoms with Gasteiger partial charge in [0.25, 0.3) is 5.91 Å². The zero-order valence-corrected chi connectivity index (χ0v) is 12.8. The van der Waals surface area contributed by atoms with E-state index >= 15 is 0 Å². The van der Waals surface area contributed by atoms with Gasteiger partial charge in [-0.25, -0.2) is 9.37 Å². The molecule has 1 aliphatic carbocycles. The van der Waals surface area contributed by atoms with Gasteiger partial charge in [0, 0.05) is 23.9 Å². The largest absolute Gasteiger partial charge is 0.396 e. The minimum atomic E-state index is -0.415. The maximum absolute atomic E-state index is 13.9. The first-order valence-corrected chi connectivity index (χ1v) is 8.08. The van der Waals surface area contributed by atoms with Crippen LogP contribution in [-0.4, -0.2) is 40.6 Å². The molecule has 4 nitrogen and oxygen atoms in total. The fraction of sp³-hybridized carbons (Fsp3) is 0.444. The van der Waals surface area contributed by atoms with Gasteiger partial charge >= 0.3 is 0 Å². The molecule has 2 fully saturated rings. The molecule has 2 aliphatic rings. The summed E-state index contributed by atoms with van der Waals surface area (Å²) in [6, 6.07) is 8.15. The molecule has 1 aromatic carbocycles. The highest BCUT2D eigenvalue weighted by atomic mass is 19.1. The van der Waals surface area contributed by atoms with Crippen LogP contribution in [0.4, 0.5) is 4.39 Å². The van der Waals surface area contributed by atoms with Crippen molar-refractivity contribution in [3.63, 3.8) is 0 Å². The average molecular weight is 314 g/mol. The van der Waals surface area contributed by atoms with Gasteiger partial charge in [-0.1, -0.05) is 24.6 Å². The third kappa shape index (κ3) is 2.22. The highest BCUT2D eigenvalue weighted by Gasteiger charge is 2.50. The highest BCUT2D eigenvalue weighted by molar-refractivity contribution is 5.95. The third-order valence-corrected chi connectivity index (χ3v) is 5.53. The van der Waals surface area contributed by atoms with Crippen molar-refractivity contribution >= 4 is 16.8 Å². The van der Waals surface area contributed by atoms with E-state index in [9.17, 15) is 14.3 Å². The maximum atomic E-state index is 13.9. The number of rotatable bonds is 2. The number of nitrogens with zero attached hydrogens (tertiary/aromatic N) is 2. The van der Waals surface area contributed by atoms with Crippen molar-refractivity contribution in [3.8, 4) is 0 Å². The number of likely N-dealkylation sites (tertiary alicyclic amines) is 1. The first-order valence-electron chi connectivity index (χ1n) is 8.08. The Bertz CT molecular complexity index is 779. The maximum Gasteiger partial charge on any atom is 0.272 e. The minimum absolute atomic E-state index is 0.126. The molecule has 2 heterocycles. The predicted molar refractivity (Wildman–Crippen MR) is 84.5 cm³/mol. The van der Waals surface area contributed by atoms with E-state index in [-0.39, 0.29) is 29.1 Å². The number of carbonyl (C=O) groups is 1. The second-order valence-electron chi connectivity index (χ2n) is 6.80. The van der Waals surface area contributed by atoms with Crippen molar-refractivity contribution in [1.29, 1.82) is 0 Å². The third-order valence-electron chi connectivity index (χ3n) is 5.53. The highest BCUT2D eigenvalue weighted by Crippen LogP contribution is 2.48. The molecule has 2 atom stereocenters. The standard InChI is InChI=1S/C18H19FN2O2/c19-14-5-1-3-12-6-7-15(20-16(12)14)17(23)21-9-13-4-2-8-18(13,10-21)11-22/h1,3,5-7,13,22H,2,4,8-11H2/t13-,18+/m1/s1. The van der Waals surface area contributed by atoms with Crippen LogP contribution in [0.5, 0.6) is 0 Å². The van der Waals surface area contributed by atoms with E-state index in [4.69, 9.17) is 0 Å². The summed E-state index contributed by atoms with van der Waals surface area (Å²) < 4.78 is 13.9. The Balaban J connectivity index is 1.64. The number of aromatic nitrogens is 1. The Morgan fingerprint density at radius 2 is 2.26 bits per heavy atom. The summed E-state index contributed by atoms with van der Waals surface area (Å²) in [7, 11) is 0. The summed E-state index contributed by atoms with van der Waals surface area (Å²) >= 11 is 0. The van der Waals surface area contributed by atoms with Crippen LogP contribution in [0.3, 0.4) is 0 Å². The molecule has 1 amide bonds. The van der Waals surface area contributed by atoms with E-state index < -0.39 is 5.82 Å². The molecule has 1 N–H and O–H groups in total. The quantitative estimate of drug-likeness (QED) is 0.927. The van der Waals surface area contributed by atoms with Crippen LogP contribution >= 0.6 is 0 Å². The van der Waals surface area contributed by atoms with Crippen molar-refractivity contribution in [1.82, 2.24) is 9.88 Å². The van der Waals surface area contributed by atoms with E-state index in [1.807, 2.05) is 0 Å². The lowest BCUT2D eigenvalue weighted by atomic mass is 9.82. The Kier molecular flexibility index (Phi) is 3.34. The molecule has 23 heavy (non-hydrogen) atoms. The van der Waals surface area contributed by atoms with Gasteiger partial charge in [0.15, 0.2) is 0 Å². The number of benzene rings is 1. The zero-order chi connectivity index (χ0) is 16.0. The van der Waals surface area contributed by atoms with Gasteiger partial charge in [0.1, 0.15) is 17.0 Å². The average Bonchev–Trinajstić information content (AvgIpc) is 3.11. The second kappa shape index (κ2) is 5.27. The van der Waals surface area contributed by atoms with Crippen LogP contribution in [0.25, 0.3) is 10.9 Å². The lowest BCUT2D eigenvalue weighted by Crippen LogP contribution is -2.34. The number of hydrogen-bond donors (Lipinski definition) is 1. The summed E-state index contributed by atoms with van der Waals surface area (Å²) in [6.07, 6.45) is 3.15. The number of fused-ring (bicyclic) bond motifs is 2. The lowest BCUT2D eigenvalue weighted by Gasteiger charge is -2.25.